The van der Waals surface area contributed by atoms with E-state index in [0.29, 0.717) is 12.0 Å². The number of benzene rings is 1. The minimum atomic E-state index is -1.71. The molecule has 14 heteroatoms. The van der Waals surface area contributed by atoms with E-state index in [1.54, 1.807) is 6.92 Å². The van der Waals surface area contributed by atoms with E-state index >= 15 is 0 Å². The number of phenols is 1. The second kappa shape index (κ2) is 15.1. The average Bonchev–Trinajstić information content (AvgIpc) is 2.85. The van der Waals surface area contributed by atoms with Gasteiger partial charge in [0.05, 0.1) is 12.5 Å². The lowest BCUT2D eigenvalue weighted by Gasteiger charge is -2.25. The van der Waals surface area contributed by atoms with Gasteiger partial charge in [0.25, 0.3) is 0 Å². The van der Waals surface area contributed by atoms with Gasteiger partial charge in [-0.1, -0.05) is 32.4 Å². The van der Waals surface area contributed by atoms with Crippen molar-refractivity contribution in [3.8, 4) is 5.75 Å². The zero-order valence-electron chi connectivity index (χ0n) is 21.2. The van der Waals surface area contributed by atoms with Gasteiger partial charge in [0.1, 0.15) is 23.9 Å². The van der Waals surface area contributed by atoms with E-state index in [1.807, 2.05) is 6.92 Å². The number of carboxylic acid groups (broad SMARTS) is 2. The number of hydrogen-bond acceptors (Lipinski definition) is 8. The van der Waals surface area contributed by atoms with Gasteiger partial charge in [0.2, 0.25) is 23.6 Å². The molecule has 0 saturated heterocycles. The number of primary amides is 1. The number of aromatic hydroxyl groups is 1. The van der Waals surface area contributed by atoms with Crippen molar-refractivity contribution in [3.63, 3.8) is 0 Å². The molecule has 210 valence electrons. The second-order valence-electron chi connectivity index (χ2n) is 8.91. The van der Waals surface area contributed by atoms with E-state index in [2.05, 4.69) is 16.0 Å². The van der Waals surface area contributed by atoms with Crippen LogP contribution in [0.1, 0.15) is 45.1 Å². The number of amides is 4. The summed E-state index contributed by atoms with van der Waals surface area (Å²) < 4.78 is 0. The third kappa shape index (κ3) is 10.8. The topological polar surface area (TPSA) is 251 Å². The molecule has 1 rings (SSSR count). The number of rotatable bonds is 16. The molecule has 0 aromatic heterocycles. The molecule has 5 atom stereocenters. The number of hydrogen-bond donors (Lipinski definition) is 8. The van der Waals surface area contributed by atoms with Gasteiger partial charge in [-0.05, 0) is 30.0 Å². The molecule has 0 aliphatic carbocycles. The van der Waals surface area contributed by atoms with Crippen LogP contribution in [0.15, 0.2) is 24.3 Å². The van der Waals surface area contributed by atoms with Crippen LogP contribution < -0.4 is 27.4 Å². The van der Waals surface area contributed by atoms with E-state index in [-0.39, 0.29) is 30.9 Å². The van der Waals surface area contributed by atoms with Crippen molar-refractivity contribution in [1.82, 2.24) is 16.0 Å². The zero-order chi connectivity index (χ0) is 29.0. The number of aliphatic carboxylic acids is 2. The third-order valence-electron chi connectivity index (χ3n) is 5.87. The molecule has 1 aromatic rings. The third-order valence-corrected chi connectivity index (χ3v) is 5.87. The molecule has 0 radical (unpaired) electrons. The van der Waals surface area contributed by atoms with Gasteiger partial charge < -0.3 is 42.7 Å². The summed E-state index contributed by atoms with van der Waals surface area (Å²) in [7, 11) is 0. The van der Waals surface area contributed by atoms with Gasteiger partial charge in [-0.2, -0.15) is 0 Å². The second-order valence-corrected chi connectivity index (χ2v) is 8.91. The van der Waals surface area contributed by atoms with Crippen LogP contribution in [-0.2, 0) is 35.2 Å². The quantitative estimate of drug-likeness (QED) is 0.122. The van der Waals surface area contributed by atoms with Gasteiger partial charge >= 0.3 is 11.9 Å². The van der Waals surface area contributed by atoms with Gasteiger partial charge in [-0.15, -0.1) is 0 Å². The molecule has 0 saturated carbocycles. The maximum Gasteiger partial charge on any atom is 0.326 e. The fourth-order valence-corrected chi connectivity index (χ4v) is 3.33. The van der Waals surface area contributed by atoms with Crippen molar-refractivity contribution in [3.05, 3.63) is 29.8 Å². The summed E-state index contributed by atoms with van der Waals surface area (Å²) in [5.41, 5.74) is 11.5. The van der Waals surface area contributed by atoms with Crippen LogP contribution >= 0.6 is 0 Å². The Morgan fingerprint density at radius 3 is 1.89 bits per heavy atom. The van der Waals surface area contributed by atoms with Gasteiger partial charge in [0.15, 0.2) is 0 Å². The highest BCUT2D eigenvalue weighted by molar-refractivity contribution is 5.95. The molecule has 0 fully saturated rings. The number of carboxylic acids is 2. The first kappa shape index (κ1) is 31.8. The predicted molar refractivity (Wildman–Crippen MR) is 133 cm³/mol. The fraction of sp³-hybridized carbons (Fsp3) is 0.500. The lowest BCUT2D eigenvalue weighted by atomic mass is 9.98. The molecule has 0 spiro atoms. The summed E-state index contributed by atoms with van der Waals surface area (Å²) in [5, 5.41) is 35.0. The van der Waals surface area contributed by atoms with E-state index in [1.165, 1.54) is 24.3 Å². The Labute approximate surface area is 219 Å². The molecule has 0 bridgehead atoms. The van der Waals surface area contributed by atoms with Crippen LogP contribution in [0.5, 0.6) is 5.75 Å². The highest BCUT2D eigenvalue weighted by Gasteiger charge is 2.32. The Kier molecular flexibility index (Phi) is 12.7. The Morgan fingerprint density at radius 1 is 0.868 bits per heavy atom. The molecular formula is C24H35N5O9. The van der Waals surface area contributed by atoms with E-state index in [9.17, 15) is 44.1 Å². The molecule has 0 aliphatic rings. The van der Waals surface area contributed by atoms with Gasteiger partial charge in [-0.25, -0.2) is 4.79 Å². The maximum atomic E-state index is 13.0. The predicted octanol–water partition coefficient (Wildman–Crippen LogP) is -1.41. The molecule has 1 aromatic carbocycles. The van der Waals surface area contributed by atoms with Crippen LogP contribution in [0.4, 0.5) is 0 Å². The smallest absolute Gasteiger partial charge is 0.326 e. The van der Waals surface area contributed by atoms with Crippen LogP contribution in [-0.4, -0.2) is 75.1 Å². The van der Waals surface area contributed by atoms with Crippen LogP contribution in [0.25, 0.3) is 0 Å². The van der Waals surface area contributed by atoms with Crippen molar-refractivity contribution in [1.29, 1.82) is 0 Å². The molecule has 0 heterocycles. The van der Waals surface area contributed by atoms with Gasteiger partial charge in [0, 0.05) is 12.8 Å². The number of nitrogens with one attached hydrogen (secondary N) is 3. The highest BCUT2D eigenvalue weighted by Crippen LogP contribution is 2.12. The Balaban J connectivity index is 3.06. The first-order valence-corrected chi connectivity index (χ1v) is 11.9. The summed E-state index contributed by atoms with van der Waals surface area (Å²) in [4.78, 5) is 72.7. The molecule has 0 aliphatic heterocycles. The molecule has 5 unspecified atom stereocenters. The number of nitrogens with two attached hydrogens (primary N) is 2. The number of carbonyl (C=O) groups is 6. The van der Waals surface area contributed by atoms with Crippen molar-refractivity contribution in [2.75, 3.05) is 0 Å². The minimum Gasteiger partial charge on any atom is -0.508 e. The Morgan fingerprint density at radius 2 is 1.39 bits per heavy atom. The van der Waals surface area contributed by atoms with Crippen molar-refractivity contribution in [2.45, 2.75) is 70.1 Å². The van der Waals surface area contributed by atoms with Crippen LogP contribution in [0.3, 0.4) is 0 Å². The minimum absolute atomic E-state index is 0.0445. The standard InChI is InChI=1S/C24H35N5O9/c1-3-12(2)20(26)23(36)27-15(8-9-18(25)31)21(34)28-16(11-19(32)33)22(35)29-17(24(37)38)10-13-4-6-14(30)7-5-13/h4-7,12,15-17,20,30H,3,8-11,26H2,1-2H3,(H2,25,31)(H,27,36)(H,28,34)(H,29,35)(H,32,33)(H,37,38). The summed E-state index contributed by atoms with van der Waals surface area (Å²) in [6.45, 7) is 3.54. The SMILES string of the molecule is CCC(C)C(N)C(=O)NC(CCC(N)=O)C(=O)NC(CC(=O)O)C(=O)NC(Cc1ccc(O)cc1)C(=O)O. The van der Waals surface area contributed by atoms with E-state index in [0.717, 1.165) is 0 Å². The molecule has 10 N–H and O–H groups in total. The molecule has 38 heavy (non-hydrogen) atoms. The Bertz CT molecular complexity index is 1020. The van der Waals surface area contributed by atoms with E-state index < -0.39 is 66.2 Å². The lowest BCUT2D eigenvalue weighted by molar-refractivity contribution is -0.143. The van der Waals surface area contributed by atoms with Crippen molar-refractivity contribution < 1.29 is 44.1 Å². The molecular weight excluding hydrogens is 502 g/mol. The maximum absolute atomic E-state index is 13.0. The lowest BCUT2D eigenvalue weighted by Crippen LogP contribution is -2.58. The molecule has 14 nitrogen and oxygen atoms in total. The average molecular weight is 538 g/mol. The van der Waals surface area contributed by atoms with Crippen molar-refractivity contribution in [2.24, 2.45) is 17.4 Å². The first-order valence-electron chi connectivity index (χ1n) is 11.9. The van der Waals surface area contributed by atoms with E-state index in [4.69, 9.17) is 11.5 Å². The fourth-order valence-electron chi connectivity index (χ4n) is 3.33. The number of carbonyl (C=O) groups excluding carboxylic acids is 4. The van der Waals surface area contributed by atoms with Crippen LogP contribution in [0.2, 0.25) is 0 Å². The zero-order valence-corrected chi connectivity index (χ0v) is 21.2. The largest absolute Gasteiger partial charge is 0.508 e. The Hall–Kier alpha value is -4.20. The summed E-state index contributed by atoms with van der Waals surface area (Å²) in [6, 6.07) is 0.0133. The van der Waals surface area contributed by atoms with Crippen molar-refractivity contribution >= 4 is 35.6 Å². The summed E-state index contributed by atoms with van der Waals surface area (Å²) in [5.74, 6) is -6.70. The molecule has 4 amide bonds. The normalized spacial score (nSPS) is 14.7. The first-order chi connectivity index (χ1) is 17.7. The number of phenolic OH excluding ortho intramolecular Hbond substituents is 1. The summed E-state index contributed by atoms with van der Waals surface area (Å²) in [6.07, 6.45) is -1.07. The summed E-state index contributed by atoms with van der Waals surface area (Å²) >= 11 is 0. The monoisotopic (exact) mass is 537 g/mol. The van der Waals surface area contributed by atoms with Gasteiger partial charge in [-0.3, -0.25) is 24.0 Å². The highest BCUT2D eigenvalue weighted by atomic mass is 16.4. The van der Waals surface area contributed by atoms with Crippen LogP contribution in [0, 0.1) is 5.92 Å².